The Labute approximate surface area is 127 Å². The summed E-state index contributed by atoms with van der Waals surface area (Å²) in [6.07, 6.45) is 0. The van der Waals surface area contributed by atoms with Crippen molar-refractivity contribution in [3.8, 4) is 5.88 Å². The molecule has 1 aromatic rings. The van der Waals surface area contributed by atoms with Gasteiger partial charge in [-0.25, -0.2) is 0 Å². The van der Waals surface area contributed by atoms with Crippen LogP contribution in [-0.2, 0) is 4.74 Å². The molecule has 0 amide bonds. The van der Waals surface area contributed by atoms with E-state index < -0.39 is 11.1 Å². The quantitative estimate of drug-likeness (QED) is 0.508. The summed E-state index contributed by atoms with van der Waals surface area (Å²) in [5.41, 5.74) is 0. The van der Waals surface area contributed by atoms with Crippen LogP contribution < -0.4 is 4.90 Å². The minimum atomic E-state index is -1.64. The fourth-order valence-electron chi connectivity index (χ4n) is 1.22. The van der Waals surface area contributed by atoms with Gasteiger partial charge in [0.25, 0.3) is 5.82 Å². The zero-order chi connectivity index (χ0) is 9.26. The molecular formula is C6H10KN3O3S. The van der Waals surface area contributed by atoms with Gasteiger partial charge in [0.05, 0.1) is 13.2 Å². The number of rotatable bonds is 1. The molecule has 0 bridgehead atoms. The summed E-state index contributed by atoms with van der Waals surface area (Å²) < 4.78 is 23.1. The van der Waals surface area contributed by atoms with Crippen molar-refractivity contribution in [2.45, 2.75) is 0 Å². The standard InChI is InChI=1S/C6H9N3O3S.K.H/c10-6-5(7-13(11)8-6)9-1-3-12-4-2-9;;/h1-4H2,(H,8,10);;. The van der Waals surface area contributed by atoms with E-state index in [1.165, 1.54) is 0 Å². The van der Waals surface area contributed by atoms with Crippen LogP contribution in [0.15, 0.2) is 0 Å². The maximum atomic E-state index is 10.8. The van der Waals surface area contributed by atoms with Crippen molar-refractivity contribution < 1.29 is 14.4 Å². The third kappa shape index (κ3) is 2.86. The number of hydrogen-bond donors (Lipinski definition) is 1. The Morgan fingerprint density at radius 3 is 2.50 bits per heavy atom. The number of morpholine rings is 1. The van der Waals surface area contributed by atoms with Crippen LogP contribution in [0.4, 0.5) is 5.82 Å². The second-order valence-electron chi connectivity index (χ2n) is 2.66. The first-order valence-corrected chi connectivity index (χ1v) is 4.95. The maximum absolute atomic E-state index is 10.8. The zero-order valence-corrected chi connectivity index (χ0v) is 7.66. The molecule has 1 aliphatic heterocycles. The second kappa shape index (κ2) is 5.71. The molecule has 8 heteroatoms. The summed E-state index contributed by atoms with van der Waals surface area (Å²) in [7, 11) is 0. The zero-order valence-electron chi connectivity index (χ0n) is 6.84. The van der Waals surface area contributed by atoms with Gasteiger partial charge in [-0.05, 0) is 0 Å². The minimum Gasteiger partial charge on any atom is -0.546 e. The summed E-state index contributed by atoms with van der Waals surface area (Å²) in [5, 5.41) is 9.26. The van der Waals surface area contributed by atoms with E-state index in [1.54, 1.807) is 0 Å². The number of nitrogens with zero attached hydrogens (tertiary/aromatic N) is 3. The summed E-state index contributed by atoms with van der Waals surface area (Å²) >= 11 is -1.64. The van der Waals surface area contributed by atoms with Gasteiger partial charge in [-0.2, -0.15) is 0 Å². The third-order valence-corrected chi connectivity index (χ3v) is 2.50. The smallest absolute Gasteiger partial charge is 0.315 e. The van der Waals surface area contributed by atoms with E-state index >= 15 is 0 Å². The summed E-state index contributed by atoms with van der Waals surface area (Å²) in [5.74, 6) is 0.0851. The van der Waals surface area contributed by atoms with Crippen LogP contribution in [0.25, 0.3) is 0 Å². The predicted molar refractivity (Wildman–Crippen MR) is 52.5 cm³/mol. The second-order valence-corrected chi connectivity index (χ2v) is 3.49. The van der Waals surface area contributed by atoms with Crippen LogP contribution in [0.1, 0.15) is 0 Å². The molecule has 0 aromatic carbocycles. The third-order valence-electron chi connectivity index (χ3n) is 1.84. The Balaban J connectivity index is 0.000000980. The van der Waals surface area contributed by atoms with E-state index in [-0.39, 0.29) is 57.3 Å². The Morgan fingerprint density at radius 1 is 1.36 bits per heavy atom. The molecule has 74 valence electrons. The van der Waals surface area contributed by atoms with Gasteiger partial charge < -0.3 is 19.3 Å². The Bertz CT molecular complexity index is 303. The molecule has 1 saturated heterocycles. The van der Waals surface area contributed by atoms with Crippen molar-refractivity contribution in [1.29, 1.82) is 0 Å². The van der Waals surface area contributed by atoms with Crippen LogP contribution in [-0.4, -0.2) is 96.1 Å². The topological polar surface area (TPSA) is 81.5 Å². The molecule has 2 rings (SSSR count). The average molecular weight is 243 g/mol. The van der Waals surface area contributed by atoms with Crippen molar-refractivity contribution >= 4 is 68.3 Å². The normalized spacial score (nSPS) is 17.8. The van der Waals surface area contributed by atoms with Crippen molar-refractivity contribution in [3.63, 3.8) is 0 Å². The minimum absolute atomic E-state index is 0. The van der Waals surface area contributed by atoms with Crippen LogP contribution in [0.2, 0.25) is 0 Å². The first-order chi connectivity index (χ1) is 6.27. The molecule has 1 atom stereocenters. The SMILES string of the molecule is [KH].[O-][s+]1nc(O)c(N2CCOCC2)n1. The monoisotopic (exact) mass is 243 g/mol. The number of ether oxygens (including phenoxy) is 1. The average Bonchev–Trinajstić information content (AvgIpc) is 2.47. The molecule has 0 aliphatic carbocycles. The summed E-state index contributed by atoms with van der Waals surface area (Å²) in [6, 6.07) is 0. The number of aromatic nitrogens is 2. The molecule has 0 radical (unpaired) electrons. The van der Waals surface area contributed by atoms with Crippen molar-refractivity contribution in [2.24, 2.45) is 0 Å². The summed E-state index contributed by atoms with van der Waals surface area (Å²) in [6.45, 7) is 2.49. The van der Waals surface area contributed by atoms with Gasteiger partial charge >= 0.3 is 57.3 Å². The van der Waals surface area contributed by atoms with Crippen molar-refractivity contribution in [3.05, 3.63) is 0 Å². The van der Waals surface area contributed by atoms with E-state index in [4.69, 9.17) is 4.74 Å². The molecule has 0 saturated carbocycles. The largest absolute Gasteiger partial charge is 0.546 e. The van der Waals surface area contributed by atoms with Crippen LogP contribution >= 0.6 is 11.1 Å². The maximum Gasteiger partial charge on any atom is 0.315 e. The molecule has 1 aliphatic rings. The molecule has 6 nitrogen and oxygen atoms in total. The first kappa shape index (κ1) is 12.8. The van der Waals surface area contributed by atoms with Gasteiger partial charge in [0.1, 0.15) is 0 Å². The van der Waals surface area contributed by atoms with Crippen LogP contribution in [0, 0.1) is 0 Å². The fraction of sp³-hybridized carbons (Fsp3) is 0.667. The first-order valence-electron chi connectivity index (χ1n) is 3.89. The van der Waals surface area contributed by atoms with Gasteiger partial charge in [-0.3, -0.25) is 0 Å². The van der Waals surface area contributed by atoms with Crippen LogP contribution in [0.5, 0.6) is 5.88 Å². The molecule has 14 heavy (non-hydrogen) atoms. The number of anilines is 1. The van der Waals surface area contributed by atoms with Crippen LogP contribution in [0.3, 0.4) is 0 Å². The van der Waals surface area contributed by atoms with E-state index in [0.717, 1.165) is 0 Å². The molecule has 1 aromatic heterocycles. The number of hydrogen-bond acceptors (Lipinski definition) is 6. The molecule has 1 fully saturated rings. The van der Waals surface area contributed by atoms with Gasteiger partial charge in [-0.15, -0.1) is 0 Å². The van der Waals surface area contributed by atoms with E-state index in [1.807, 2.05) is 4.90 Å². The van der Waals surface area contributed by atoms with Gasteiger partial charge in [-0.1, -0.05) is 0 Å². The van der Waals surface area contributed by atoms with Gasteiger partial charge in [0.15, 0.2) is 11.1 Å². The summed E-state index contributed by atoms with van der Waals surface area (Å²) in [4.78, 5) is 1.81. The predicted octanol–water partition coefficient (Wildman–Crippen LogP) is -0.902. The molecule has 0 spiro atoms. The van der Waals surface area contributed by atoms with Crippen molar-refractivity contribution in [1.82, 2.24) is 8.75 Å². The Hall–Kier alpha value is 0.716. The fourth-order valence-corrected chi connectivity index (χ4v) is 1.84. The Morgan fingerprint density at radius 2 is 2.00 bits per heavy atom. The van der Waals surface area contributed by atoms with Crippen molar-refractivity contribution in [2.75, 3.05) is 31.2 Å². The van der Waals surface area contributed by atoms with E-state index in [0.29, 0.717) is 32.1 Å². The van der Waals surface area contributed by atoms with E-state index in [9.17, 15) is 9.66 Å². The molecule has 1 N–H and O–H groups in total. The molecular weight excluding hydrogens is 233 g/mol. The molecule has 2 heterocycles. The number of aromatic hydroxyl groups is 1. The van der Waals surface area contributed by atoms with Gasteiger partial charge in [0, 0.05) is 21.8 Å². The Kier molecular flexibility index (Phi) is 5.21. The van der Waals surface area contributed by atoms with Gasteiger partial charge in [0.2, 0.25) is 0 Å². The molecule has 1 unspecified atom stereocenters. The van der Waals surface area contributed by atoms with E-state index in [2.05, 4.69) is 8.75 Å².